The molecule has 54 heavy (non-hydrogen) atoms. The zero-order valence-corrected chi connectivity index (χ0v) is 34.1. The number of nitrogens with zero attached hydrogens (tertiary/aromatic N) is 2. The molecule has 0 aliphatic carbocycles. The first-order chi connectivity index (χ1) is 26.1. The van der Waals surface area contributed by atoms with Gasteiger partial charge in [-0.15, -0.1) is 0 Å². The molecule has 0 aliphatic rings. The highest BCUT2D eigenvalue weighted by Crippen LogP contribution is 2.49. The third-order valence-electron chi connectivity index (χ3n) is 11.1. The molecule has 0 radical (unpaired) electrons. The maximum absolute atomic E-state index is 2.44. The molecule has 0 fully saturated rings. The summed E-state index contributed by atoms with van der Waals surface area (Å²) in [7, 11) is -2.92. The summed E-state index contributed by atoms with van der Waals surface area (Å²) in [6.07, 6.45) is 0. The first kappa shape index (κ1) is 34.1. The quantitative estimate of drug-likeness (QED) is 0.0872. The van der Waals surface area contributed by atoms with Crippen LogP contribution in [-0.4, -0.2) is 16.1 Å². The number of fused-ring (bicyclic) bond motifs is 3. The van der Waals surface area contributed by atoms with E-state index in [1.165, 1.54) is 76.2 Å². The minimum atomic E-state index is -1.46. The molecule has 0 bridgehead atoms. The van der Waals surface area contributed by atoms with E-state index < -0.39 is 16.1 Å². The summed E-state index contributed by atoms with van der Waals surface area (Å²) in [6.45, 7) is 14.5. The SMILES string of the molecule is C[Si](C)(C)c1ccc(N(c2ccccc2)c2ccc3c4ccccc4c4ccc(N(c5ccccc5)c5ccc([Si](C)(C)C)cc5)c5ccc2c3c54)cc1. The lowest BCUT2D eigenvalue weighted by molar-refractivity contribution is 1.30. The van der Waals surface area contributed by atoms with Crippen molar-refractivity contribution in [2.45, 2.75) is 39.3 Å². The van der Waals surface area contributed by atoms with Crippen LogP contribution in [0.4, 0.5) is 34.1 Å². The summed E-state index contributed by atoms with van der Waals surface area (Å²) in [5.74, 6) is 0. The van der Waals surface area contributed by atoms with Gasteiger partial charge in [0.2, 0.25) is 0 Å². The molecule has 9 rings (SSSR count). The molecule has 264 valence electrons. The lowest BCUT2D eigenvalue weighted by Gasteiger charge is -2.30. The summed E-state index contributed by atoms with van der Waals surface area (Å²) < 4.78 is 0. The molecular formula is C50H46N2Si2. The molecule has 0 saturated heterocycles. The van der Waals surface area contributed by atoms with Gasteiger partial charge in [0.1, 0.15) is 0 Å². The zero-order chi connectivity index (χ0) is 37.2. The molecule has 9 aromatic rings. The fourth-order valence-corrected chi connectivity index (χ4v) is 10.6. The monoisotopic (exact) mass is 730 g/mol. The standard InChI is InChI=1S/C50H46N2Si2/c1-53(2,3)39-25-21-37(22-26-39)51(35-15-9-7-10-16-35)47-33-31-43-41-19-13-14-20-42(41)44-32-34-48(46-30-29-45(47)49(43)50(44)46)52(36-17-11-8-12-18-36)38-23-27-40(28-24-38)54(4,5)6/h7-34H,1-6H3. The van der Waals surface area contributed by atoms with Gasteiger partial charge in [-0.2, -0.15) is 0 Å². The molecule has 0 spiro atoms. The maximum atomic E-state index is 2.44. The van der Waals surface area contributed by atoms with Crippen LogP contribution in [0.25, 0.3) is 43.1 Å². The predicted octanol–water partition coefficient (Wildman–Crippen LogP) is 13.8. The van der Waals surface area contributed by atoms with E-state index in [-0.39, 0.29) is 0 Å². The number of rotatable bonds is 8. The maximum Gasteiger partial charge on any atom is 0.0775 e. The Kier molecular flexibility index (Phi) is 8.22. The number of benzene rings is 9. The molecule has 0 unspecified atom stereocenters. The fourth-order valence-electron chi connectivity index (χ4n) is 8.28. The Hall–Kier alpha value is -5.69. The molecule has 2 nitrogen and oxygen atoms in total. The third kappa shape index (κ3) is 5.78. The molecule has 0 atom stereocenters. The van der Waals surface area contributed by atoms with E-state index in [0.717, 1.165) is 11.4 Å². The van der Waals surface area contributed by atoms with Crippen LogP contribution in [0.1, 0.15) is 0 Å². The average Bonchev–Trinajstić information content (AvgIpc) is 3.19. The minimum Gasteiger partial charge on any atom is -0.310 e. The number of hydrogen-bond donors (Lipinski definition) is 0. The van der Waals surface area contributed by atoms with E-state index >= 15 is 0 Å². The van der Waals surface area contributed by atoms with E-state index in [9.17, 15) is 0 Å². The topological polar surface area (TPSA) is 6.48 Å². The number of para-hydroxylation sites is 2. The van der Waals surface area contributed by atoms with Gasteiger partial charge in [-0.3, -0.25) is 0 Å². The molecule has 9 aromatic carbocycles. The van der Waals surface area contributed by atoms with Crippen molar-refractivity contribution in [3.63, 3.8) is 0 Å². The van der Waals surface area contributed by atoms with Crippen LogP contribution >= 0.6 is 0 Å². The second kappa shape index (κ2) is 13.0. The van der Waals surface area contributed by atoms with Crippen molar-refractivity contribution in [1.82, 2.24) is 0 Å². The summed E-state index contributed by atoms with van der Waals surface area (Å²) in [6, 6.07) is 63.4. The van der Waals surface area contributed by atoms with Crippen LogP contribution in [0.15, 0.2) is 170 Å². The lowest BCUT2D eigenvalue weighted by Crippen LogP contribution is -2.37. The Morgan fingerprint density at radius 3 is 0.944 bits per heavy atom. The zero-order valence-electron chi connectivity index (χ0n) is 32.1. The minimum absolute atomic E-state index is 1.15. The largest absolute Gasteiger partial charge is 0.310 e. The van der Waals surface area contributed by atoms with Crippen molar-refractivity contribution in [2.75, 3.05) is 9.80 Å². The molecule has 0 aromatic heterocycles. The average molecular weight is 731 g/mol. The number of hydrogen-bond acceptors (Lipinski definition) is 2. The molecule has 0 amide bonds. The number of anilines is 6. The van der Waals surface area contributed by atoms with Crippen molar-refractivity contribution in [1.29, 1.82) is 0 Å². The molecule has 4 heteroatoms. The van der Waals surface area contributed by atoms with Gasteiger partial charge in [0, 0.05) is 44.3 Å². The Morgan fingerprint density at radius 1 is 0.278 bits per heavy atom. The molecule has 0 N–H and O–H groups in total. The van der Waals surface area contributed by atoms with Gasteiger partial charge in [-0.05, 0) is 82.2 Å². The summed E-state index contributed by atoms with van der Waals surface area (Å²) in [4.78, 5) is 4.89. The van der Waals surface area contributed by atoms with Gasteiger partial charge < -0.3 is 9.80 Å². The van der Waals surface area contributed by atoms with Gasteiger partial charge in [0.15, 0.2) is 0 Å². The Morgan fingerprint density at radius 2 is 0.593 bits per heavy atom. The first-order valence-corrected chi connectivity index (χ1v) is 26.1. The first-order valence-electron chi connectivity index (χ1n) is 19.1. The van der Waals surface area contributed by atoms with Crippen LogP contribution < -0.4 is 20.2 Å². The summed E-state index contributed by atoms with van der Waals surface area (Å²) in [5, 5.41) is 13.2. The Balaban J connectivity index is 1.34. The van der Waals surface area contributed by atoms with Crippen LogP contribution in [-0.2, 0) is 0 Å². The predicted molar refractivity (Wildman–Crippen MR) is 243 cm³/mol. The van der Waals surface area contributed by atoms with Gasteiger partial charge in [-0.25, -0.2) is 0 Å². The molecule has 0 aliphatic heterocycles. The van der Waals surface area contributed by atoms with Crippen LogP contribution in [0.5, 0.6) is 0 Å². The molecular weight excluding hydrogens is 685 g/mol. The van der Waals surface area contributed by atoms with Gasteiger partial charge >= 0.3 is 0 Å². The van der Waals surface area contributed by atoms with Crippen LogP contribution in [0.2, 0.25) is 39.3 Å². The van der Waals surface area contributed by atoms with E-state index in [0.29, 0.717) is 0 Å². The third-order valence-corrected chi connectivity index (χ3v) is 15.2. The van der Waals surface area contributed by atoms with E-state index in [1.807, 2.05) is 0 Å². The lowest BCUT2D eigenvalue weighted by atomic mass is 9.87. The van der Waals surface area contributed by atoms with Gasteiger partial charge in [0.05, 0.1) is 27.5 Å². The van der Waals surface area contributed by atoms with Gasteiger partial charge in [0.25, 0.3) is 0 Å². The molecule has 0 saturated carbocycles. The van der Waals surface area contributed by atoms with Crippen molar-refractivity contribution in [3.05, 3.63) is 170 Å². The normalized spacial score (nSPS) is 12.3. The van der Waals surface area contributed by atoms with Crippen molar-refractivity contribution in [3.8, 4) is 0 Å². The Labute approximate surface area is 321 Å². The molecule has 0 heterocycles. The highest BCUT2D eigenvalue weighted by Gasteiger charge is 2.25. The van der Waals surface area contributed by atoms with Crippen LogP contribution in [0.3, 0.4) is 0 Å². The van der Waals surface area contributed by atoms with E-state index in [2.05, 4.69) is 219 Å². The van der Waals surface area contributed by atoms with E-state index in [1.54, 1.807) is 0 Å². The van der Waals surface area contributed by atoms with Gasteiger partial charge in [-0.1, -0.05) is 159 Å². The summed E-state index contributed by atoms with van der Waals surface area (Å²) >= 11 is 0. The van der Waals surface area contributed by atoms with Crippen molar-refractivity contribution in [2.24, 2.45) is 0 Å². The van der Waals surface area contributed by atoms with Crippen molar-refractivity contribution >= 4 is 104 Å². The fraction of sp³-hybridized carbons (Fsp3) is 0.120. The van der Waals surface area contributed by atoms with E-state index in [4.69, 9.17) is 0 Å². The highest BCUT2D eigenvalue weighted by molar-refractivity contribution is 6.89. The Bertz CT molecular complexity index is 2570. The highest BCUT2D eigenvalue weighted by atomic mass is 28.3. The van der Waals surface area contributed by atoms with Crippen molar-refractivity contribution < 1.29 is 0 Å². The smallest absolute Gasteiger partial charge is 0.0775 e. The summed E-state index contributed by atoms with van der Waals surface area (Å²) in [5.41, 5.74) is 6.99. The van der Waals surface area contributed by atoms with Crippen LogP contribution in [0, 0.1) is 0 Å². The second-order valence-electron chi connectivity index (χ2n) is 16.7. The second-order valence-corrected chi connectivity index (χ2v) is 26.8.